The van der Waals surface area contributed by atoms with Gasteiger partial charge in [-0.2, -0.15) is 17.5 Å². The van der Waals surface area contributed by atoms with Gasteiger partial charge in [0.15, 0.2) is 0 Å². The Morgan fingerprint density at radius 2 is 1.80 bits per heavy atom. The SMILES string of the molecule is CCCOc1ccc(C(F)(F)F)cc1NC(=O)CN(C)S(=O)(=O)c1ccc(Cl)cc1. The summed E-state index contributed by atoms with van der Waals surface area (Å²) in [6.07, 6.45) is -4.01. The summed E-state index contributed by atoms with van der Waals surface area (Å²) < 4.78 is 70.3. The molecule has 2 aromatic rings. The quantitative estimate of drug-likeness (QED) is 0.628. The molecule has 0 saturated heterocycles. The van der Waals surface area contributed by atoms with Gasteiger partial charge in [-0.1, -0.05) is 18.5 Å². The Kier molecular flexibility index (Phi) is 7.73. The van der Waals surface area contributed by atoms with Gasteiger partial charge in [-0.3, -0.25) is 4.79 Å². The summed E-state index contributed by atoms with van der Waals surface area (Å²) in [5.74, 6) is -0.767. The number of ether oxygens (including phenoxy) is 1. The molecule has 0 unspecified atom stereocenters. The van der Waals surface area contributed by atoms with Gasteiger partial charge in [0.2, 0.25) is 15.9 Å². The molecule has 0 spiro atoms. The van der Waals surface area contributed by atoms with E-state index in [-0.39, 0.29) is 22.9 Å². The number of nitrogens with one attached hydrogen (secondary N) is 1. The van der Waals surface area contributed by atoms with Gasteiger partial charge >= 0.3 is 6.18 Å². The van der Waals surface area contributed by atoms with E-state index >= 15 is 0 Å². The Morgan fingerprint density at radius 3 is 2.37 bits per heavy atom. The first-order valence-electron chi connectivity index (χ1n) is 8.81. The number of amides is 1. The zero-order valence-electron chi connectivity index (χ0n) is 16.2. The summed E-state index contributed by atoms with van der Waals surface area (Å²) in [6, 6.07) is 8.06. The second-order valence-electron chi connectivity index (χ2n) is 6.32. The van der Waals surface area contributed by atoms with Crippen LogP contribution in [0, 0.1) is 0 Å². The molecule has 0 saturated carbocycles. The van der Waals surface area contributed by atoms with Crippen molar-refractivity contribution < 1.29 is 31.1 Å². The summed E-state index contributed by atoms with van der Waals surface area (Å²) in [5.41, 5.74) is -1.16. The summed E-state index contributed by atoms with van der Waals surface area (Å²) in [7, 11) is -2.81. The Hall–Kier alpha value is -2.30. The lowest BCUT2D eigenvalue weighted by Gasteiger charge is -2.18. The maximum Gasteiger partial charge on any atom is 0.416 e. The van der Waals surface area contributed by atoms with Crippen molar-refractivity contribution in [3.8, 4) is 5.75 Å². The third-order valence-corrected chi connectivity index (χ3v) is 6.00. The topological polar surface area (TPSA) is 75.7 Å². The van der Waals surface area contributed by atoms with Crippen molar-refractivity contribution in [2.24, 2.45) is 0 Å². The molecule has 164 valence electrons. The Morgan fingerprint density at radius 1 is 1.17 bits per heavy atom. The highest BCUT2D eigenvalue weighted by molar-refractivity contribution is 7.89. The molecule has 0 radical (unpaired) electrons. The second kappa shape index (κ2) is 9.67. The zero-order valence-corrected chi connectivity index (χ0v) is 17.7. The van der Waals surface area contributed by atoms with Gasteiger partial charge in [0.1, 0.15) is 5.75 Å². The monoisotopic (exact) mass is 464 g/mol. The number of hydrogen-bond acceptors (Lipinski definition) is 4. The van der Waals surface area contributed by atoms with Crippen molar-refractivity contribution in [2.75, 3.05) is 25.5 Å². The van der Waals surface area contributed by atoms with Crippen LogP contribution in [-0.4, -0.2) is 38.8 Å². The minimum Gasteiger partial charge on any atom is -0.491 e. The average molecular weight is 465 g/mol. The third-order valence-electron chi connectivity index (χ3n) is 3.93. The first-order chi connectivity index (χ1) is 13.9. The van der Waals surface area contributed by atoms with E-state index in [1.807, 2.05) is 6.92 Å². The maximum absolute atomic E-state index is 13.0. The van der Waals surface area contributed by atoms with Crippen LogP contribution >= 0.6 is 11.6 Å². The van der Waals surface area contributed by atoms with Gasteiger partial charge in [0.25, 0.3) is 0 Å². The molecule has 0 aromatic heterocycles. The summed E-state index contributed by atoms with van der Waals surface area (Å²) in [6.45, 7) is 1.44. The van der Waals surface area contributed by atoms with Crippen molar-refractivity contribution in [2.45, 2.75) is 24.4 Å². The van der Waals surface area contributed by atoms with Gasteiger partial charge in [0.05, 0.1) is 29.3 Å². The molecule has 0 heterocycles. The first kappa shape index (κ1) is 24.0. The van der Waals surface area contributed by atoms with Crippen LogP contribution in [0.1, 0.15) is 18.9 Å². The number of likely N-dealkylation sites (N-methyl/N-ethyl adjacent to an activating group) is 1. The molecule has 1 N–H and O–H groups in total. The van der Waals surface area contributed by atoms with E-state index in [4.69, 9.17) is 16.3 Å². The highest BCUT2D eigenvalue weighted by Crippen LogP contribution is 2.35. The lowest BCUT2D eigenvalue weighted by atomic mass is 10.1. The highest BCUT2D eigenvalue weighted by atomic mass is 35.5. The van der Waals surface area contributed by atoms with Crippen LogP contribution in [0.15, 0.2) is 47.4 Å². The van der Waals surface area contributed by atoms with Gasteiger partial charge < -0.3 is 10.1 Å². The first-order valence-corrected chi connectivity index (χ1v) is 10.6. The van der Waals surface area contributed by atoms with Crippen LogP contribution in [0.2, 0.25) is 5.02 Å². The van der Waals surface area contributed by atoms with E-state index in [0.717, 1.165) is 22.5 Å². The maximum atomic E-state index is 13.0. The van der Waals surface area contributed by atoms with Gasteiger partial charge in [-0.25, -0.2) is 8.42 Å². The minimum atomic E-state index is -4.61. The van der Waals surface area contributed by atoms with Gasteiger partial charge in [-0.15, -0.1) is 0 Å². The number of sulfonamides is 1. The van der Waals surface area contributed by atoms with E-state index in [9.17, 15) is 26.4 Å². The number of halogens is 4. The zero-order chi connectivity index (χ0) is 22.5. The Balaban J connectivity index is 2.20. The standard InChI is InChI=1S/C19H20ClF3N2O4S/c1-3-10-29-17-9-4-13(19(21,22)23)11-16(17)24-18(26)12-25(2)30(27,28)15-7-5-14(20)6-8-15/h4-9,11H,3,10,12H2,1-2H3,(H,24,26). The van der Waals surface area contributed by atoms with E-state index in [1.54, 1.807) is 0 Å². The van der Waals surface area contributed by atoms with E-state index in [0.29, 0.717) is 11.4 Å². The summed E-state index contributed by atoms with van der Waals surface area (Å²) in [4.78, 5) is 12.3. The second-order valence-corrected chi connectivity index (χ2v) is 8.80. The molecule has 30 heavy (non-hydrogen) atoms. The molecule has 2 rings (SSSR count). The van der Waals surface area contributed by atoms with Crippen molar-refractivity contribution >= 4 is 33.2 Å². The predicted octanol–water partition coefficient (Wildman–Crippen LogP) is 4.41. The summed E-state index contributed by atoms with van der Waals surface area (Å²) >= 11 is 5.75. The van der Waals surface area contributed by atoms with Crippen LogP contribution in [0.5, 0.6) is 5.75 Å². The lowest BCUT2D eigenvalue weighted by molar-refractivity contribution is -0.137. The molecular formula is C19H20ClF3N2O4S. The van der Waals surface area contributed by atoms with Gasteiger partial charge in [-0.05, 0) is 48.9 Å². The number of nitrogens with zero attached hydrogens (tertiary/aromatic N) is 1. The van der Waals surface area contributed by atoms with E-state index in [1.165, 1.54) is 31.3 Å². The number of anilines is 1. The largest absolute Gasteiger partial charge is 0.491 e. The lowest BCUT2D eigenvalue weighted by Crippen LogP contribution is -2.35. The minimum absolute atomic E-state index is 0.0569. The molecule has 0 aliphatic heterocycles. The van der Waals surface area contributed by atoms with Crippen molar-refractivity contribution in [3.63, 3.8) is 0 Å². The molecule has 2 aromatic carbocycles. The summed E-state index contributed by atoms with van der Waals surface area (Å²) in [5, 5.41) is 2.65. The van der Waals surface area contributed by atoms with Crippen molar-refractivity contribution in [1.29, 1.82) is 0 Å². The fourth-order valence-corrected chi connectivity index (χ4v) is 3.66. The molecule has 1 amide bonds. The molecule has 0 aliphatic carbocycles. The van der Waals surface area contributed by atoms with Crippen LogP contribution in [0.25, 0.3) is 0 Å². The molecule has 0 bridgehead atoms. The number of carbonyl (C=O) groups excluding carboxylic acids is 1. The molecule has 0 atom stereocenters. The van der Waals surface area contributed by atoms with Crippen LogP contribution < -0.4 is 10.1 Å². The fourth-order valence-electron chi connectivity index (χ4n) is 2.41. The third kappa shape index (κ3) is 6.10. The molecular weight excluding hydrogens is 445 g/mol. The van der Waals surface area contributed by atoms with Crippen LogP contribution in [-0.2, 0) is 21.0 Å². The molecule has 11 heteroatoms. The van der Waals surface area contributed by atoms with Crippen molar-refractivity contribution in [1.82, 2.24) is 4.31 Å². The van der Waals surface area contributed by atoms with Gasteiger partial charge in [0, 0.05) is 12.1 Å². The fraction of sp³-hybridized carbons (Fsp3) is 0.316. The number of benzene rings is 2. The average Bonchev–Trinajstić information content (AvgIpc) is 2.66. The number of alkyl halides is 3. The molecule has 0 fully saturated rings. The Bertz CT molecular complexity index is 996. The van der Waals surface area contributed by atoms with Crippen LogP contribution in [0.3, 0.4) is 0 Å². The Labute approximate surface area is 177 Å². The highest BCUT2D eigenvalue weighted by Gasteiger charge is 2.31. The number of carbonyl (C=O) groups is 1. The smallest absolute Gasteiger partial charge is 0.416 e. The normalized spacial score (nSPS) is 12.1. The number of hydrogen-bond donors (Lipinski definition) is 1. The molecule has 0 aliphatic rings. The number of rotatable bonds is 8. The van der Waals surface area contributed by atoms with Crippen LogP contribution in [0.4, 0.5) is 18.9 Å². The van der Waals surface area contributed by atoms with E-state index < -0.39 is 34.2 Å². The van der Waals surface area contributed by atoms with E-state index in [2.05, 4.69) is 5.32 Å². The van der Waals surface area contributed by atoms with Crippen molar-refractivity contribution in [3.05, 3.63) is 53.1 Å². The predicted molar refractivity (Wildman–Crippen MR) is 107 cm³/mol. The molecule has 6 nitrogen and oxygen atoms in total.